The van der Waals surface area contributed by atoms with Crippen molar-refractivity contribution in [1.29, 1.82) is 0 Å². The van der Waals surface area contributed by atoms with Gasteiger partial charge in [0.2, 0.25) is 5.91 Å². The lowest BCUT2D eigenvalue weighted by Gasteiger charge is -2.17. The molecule has 0 unspecified atom stereocenters. The van der Waals surface area contributed by atoms with Gasteiger partial charge in [-0.15, -0.1) is 12.4 Å². The fourth-order valence-electron chi connectivity index (χ4n) is 3.45. The second-order valence-electron chi connectivity index (χ2n) is 6.61. The molecule has 28 heavy (non-hydrogen) atoms. The Hall–Kier alpha value is -1.99. The normalized spacial score (nSPS) is 19.0. The van der Waals surface area contributed by atoms with Crippen LogP contribution in [0.5, 0.6) is 11.5 Å². The van der Waals surface area contributed by atoms with Crippen molar-refractivity contribution in [2.75, 3.05) is 39.2 Å². The molecule has 0 aliphatic carbocycles. The van der Waals surface area contributed by atoms with Gasteiger partial charge in [-0.1, -0.05) is 41.9 Å². The zero-order chi connectivity index (χ0) is 19.4. The van der Waals surface area contributed by atoms with E-state index in [1.807, 2.05) is 18.2 Å². The first-order chi connectivity index (χ1) is 13.0. The number of carbonyl (C=O) groups excluding carboxylic acids is 1. The average molecular weight is 426 g/mol. The van der Waals surface area contributed by atoms with Gasteiger partial charge in [0.15, 0.2) is 0 Å². The van der Waals surface area contributed by atoms with Gasteiger partial charge in [0.05, 0.1) is 31.5 Å². The molecular weight excluding hydrogens is 401 g/mol. The number of ether oxygens (including phenoxy) is 2. The molecule has 0 saturated carbocycles. The summed E-state index contributed by atoms with van der Waals surface area (Å²) in [6, 6.07) is 13.5. The molecule has 1 aliphatic heterocycles. The van der Waals surface area contributed by atoms with Gasteiger partial charge in [0.25, 0.3) is 0 Å². The van der Waals surface area contributed by atoms with Crippen molar-refractivity contribution in [3.8, 4) is 11.5 Å². The summed E-state index contributed by atoms with van der Waals surface area (Å²) in [7, 11) is 3.06. The van der Waals surface area contributed by atoms with Gasteiger partial charge >= 0.3 is 0 Å². The topological polar surface area (TPSA) is 76.8 Å². The molecule has 2 aromatic rings. The maximum absolute atomic E-state index is 12.5. The maximum atomic E-state index is 12.5. The van der Waals surface area contributed by atoms with Crippen molar-refractivity contribution in [3.63, 3.8) is 0 Å². The summed E-state index contributed by atoms with van der Waals surface area (Å²) in [6.07, 6.45) is 0. The molecule has 8 heteroatoms. The van der Waals surface area contributed by atoms with E-state index in [1.54, 1.807) is 12.1 Å². The predicted octanol–water partition coefficient (Wildman–Crippen LogP) is 3.14. The minimum absolute atomic E-state index is 0. The number of halogens is 2. The van der Waals surface area contributed by atoms with E-state index in [0.29, 0.717) is 28.8 Å². The standard InChI is InChI=1S/C20H24ClN3O3.ClH/c1-26-18-9-19(27-2)17(8-15(18)21)23-20(25)12-24-10-14(16(22)11-24)13-6-4-3-5-7-13;/h3-9,14,16H,10-12,22H2,1-2H3,(H,23,25);1H/t14-,16+;/m0./s1. The summed E-state index contributed by atoms with van der Waals surface area (Å²) in [5.74, 6) is 1.06. The zero-order valence-corrected chi connectivity index (χ0v) is 17.4. The number of methoxy groups -OCH3 is 2. The fraction of sp³-hybridized carbons (Fsp3) is 0.350. The molecule has 0 radical (unpaired) electrons. The Balaban J connectivity index is 0.00000280. The first-order valence-electron chi connectivity index (χ1n) is 8.76. The number of nitrogens with one attached hydrogen (secondary N) is 1. The highest BCUT2D eigenvalue weighted by atomic mass is 35.5. The number of hydrogen-bond acceptors (Lipinski definition) is 5. The van der Waals surface area contributed by atoms with Gasteiger partial charge in [-0.3, -0.25) is 9.69 Å². The molecule has 1 heterocycles. The van der Waals surface area contributed by atoms with Crippen LogP contribution in [0.25, 0.3) is 0 Å². The van der Waals surface area contributed by atoms with Gasteiger partial charge in [-0.25, -0.2) is 0 Å². The van der Waals surface area contributed by atoms with Crippen LogP contribution in [0.2, 0.25) is 5.02 Å². The second kappa shape index (κ2) is 9.98. The number of benzene rings is 2. The van der Waals surface area contributed by atoms with Crippen LogP contribution in [0, 0.1) is 0 Å². The molecular formula is C20H25Cl2N3O3. The third-order valence-electron chi connectivity index (χ3n) is 4.78. The van der Waals surface area contributed by atoms with Gasteiger partial charge in [-0.05, 0) is 11.6 Å². The fourth-order valence-corrected chi connectivity index (χ4v) is 3.69. The number of amides is 1. The van der Waals surface area contributed by atoms with Crippen LogP contribution in [0.4, 0.5) is 5.69 Å². The average Bonchev–Trinajstić information content (AvgIpc) is 3.02. The quantitative estimate of drug-likeness (QED) is 0.742. The molecule has 152 valence electrons. The summed E-state index contributed by atoms with van der Waals surface area (Å²) in [6.45, 7) is 1.68. The minimum atomic E-state index is -0.143. The summed E-state index contributed by atoms with van der Waals surface area (Å²) >= 11 is 6.16. The van der Waals surface area contributed by atoms with Crippen molar-refractivity contribution < 1.29 is 14.3 Å². The van der Waals surface area contributed by atoms with Crippen molar-refractivity contribution in [2.45, 2.75) is 12.0 Å². The Bertz CT molecular complexity index is 805. The van der Waals surface area contributed by atoms with E-state index in [2.05, 4.69) is 22.3 Å². The number of hydrogen-bond donors (Lipinski definition) is 2. The molecule has 3 rings (SSSR count). The Morgan fingerprint density at radius 3 is 2.50 bits per heavy atom. The number of likely N-dealkylation sites (tertiary alicyclic amines) is 1. The van der Waals surface area contributed by atoms with Crippen molar-refractivity contribution in [3.05, 3.63) is 53.1 Å². The van der Waals surface area contributed by atoms with Gasteiger partial charge in [-0.2, -0.15) is 0 Å². The number of nitrogens with two attached hydrogens (primary N) is 1. The summed E-state index contributed by atoms with van der Waals surface area (Å²) in [5, 5.41) is 3.27. The molecule has 1 saturated heterocycles. The maximum Gasteiger partial charge on any atom is 0.238 e. The Morgan fingerprint density at radius 1 is 1.18 bits per heavy atom. The smallest absolute Gasteiger partial charge is 0.238 e. The first kappa shape index (κ1) is 22.3. The van der Waals surface area contributed by atoms with E-state index in [9.17, 15) is 4.79 Å². The molecule has 0 bridgehead atoms. The summed E-state index contributed by atoms with van der Waals surface area (Å²) in [4.78, 5) is 14.6. The second-order valence-corrected chi connectivity index (χ2v) is 7.02. The molecule has 2 atom stereocenters. The monoisotopic (exact) mass is 425 g/mol. The van der Waals surface area contributed by atoms with E-state index < -0.39 is 0 Å². The Kier molecular flexibility index (Phi) is 7.95. The van der Waals surface area contributed by atoms with Crippen LogP contribution in [-0.2, 0) is 4.79 Å². The van der Waals surface area contributed by atoms with Gasteiger partial charge in [0, 0.05) is 31.1 Å². The first-order valence-corrected chi connectivity index (χ1v) is 9.14. The zero-order valence-electron chi connectivity index (χ0n) is 15.9. The number of anilines is 1. The van der Waals surface area contributed by atoms with Crippen LogP contribution in [0.1, 0.15) is 11.5 Å². The molecule has 0 aromatic heterocycles. The highest BCUT2D eigenvalue weighted by molar-refractivity contribution is 6.32. The number of nitrogens with zero attached hydrogens (tertiary/aromatic N) is 1. The Labute approximate surface area is 176 Å². The Morgan fingerprint density at radius 2 is 1.86 bits per heavy atom. The number of carbonyl (C=O) groups is 1. The van der Waals surface area contributed by atoms with Crippen LogP contribution < -0.4 is 20.5 Å². The van der Waals surface area contributed by atoms with Gasteiger partial charge in [0.1, 0.15) is 11.5 Å². The summed E-state index contributed by atoms with van der Waals surface area (Å²) in [5.41, 5.74) is 8.02. The highest BCUT2D eigenvalue weighted by Crippen LogP contribution is 2.36. The van der Waals surface area contributed by atoms with E-state index in [0.717, 1.165) is 6.54 Å². The summed E-state index contributed by atoms with van der Waals surface area (Å²) < 4.78 is 10.5. The van der Waals surface area contributed by atoms with Crippen molar-refractivity contribution in [2.24, 2.45) is 5.73 Å². The number of rotatable bonds is 6. The lowest BCUT2D eigenvalue weighted by Crippen LogP contribution is -2.33. The SMILES string of the molecule is COc1cc(OC)c(NC(=O)CN2C[C@@H](N)[C@H](c3ccccc3)C2)cc1Cl.Cl. The van der Waals surface area contributed by atoms with Gasteiger partial charge < -0.3 is 20.5 Å². The van der Waals surface area contributed by atoms with Crippen LogP contribution in [0.3, 0.4) is 0 Å². The molecule has 3 N–H and O–H groups in total. The molecule has 1 amide bonds. The van der Waals surface area contributed by atoms with Crippen LogP contribution >= 0.6 is 24.0 Å². The van der Waals surface area contributed by atoms with Crippen LogP contribution in [-0.4, -0.2) is 50.7 Å². The van der Waals surface area contributed by atoms with E-state index in [-0.39, 0.29) is 36.8 Å². The molecule has 6 nitrogen and oxygen atoms in total. The van der Waals surface area contributed by atoms with Crippen molar-refractivity contribution >= 4 is 35.6 Å². The van der Waals surface area contributed by atoms with Crippen molar-refractivity contribution in [1.82, 2.24) is 4.90 Å². The molecule has 0 spiro atoms. The highest BCUT2D eigenvalue weighted by Gasteiger charge is 2.32. The molecule has 1 aliphatic rings. The molecule has 1 fully saturated rings. The van der Waals surface area contributed by atoms with E-state index in [1.165, 1.54) is 19.8 Å². The minimum Gasteiger partial charge on any atom is -0.495 e. The van der Waals surface area contributed by atoms with E-state index in [4.69, 9.17) is 26.8 Å². The largest absolute Gasteiger partial charge is 0.495 e. The lowest BCUT2D eigenvalue weighted by atomic mass is 9.95. The predicted molar refractivity (Wildman–Crippen MR) is 114 cm³/mol. The van der Waals surface area contributed by atoms with E-state index >= 15 is 0 Å². The third kappa shape index (κ3) is 5.08. The lowest BCUT2D eigenvalue weighted by molar-refractivity contribution is -0.117. The molecule has 2 aromatic carbocycles. The third-order valence-corrected chi connectivity index (χ3v) is 5.08. The van der Waals surface area contributed by atoms with Crippen LogP contribution in [0.15, 0.2) is 42.5 Å².